The van der Waals surface area contributed by atoms with Crippen LogP contribution in [-0.4, -0.2) is 44.4 Å². The molecular formula is C17H25ClN2O4S. The largest absolute Gasteiger partial charge is 0.482 e. The summed E-state index contributed by atoms with van der Waals surface area (Å²) in [7, 11) is -3.68. The summed E-state index contributed by atoms with van der Waals surface area (Å²) in [6, 6.07) is 4.48. The van der Waals surface area contributed by atoms with Gasteiger partial charge in [-0.1, -0.05) is 24.9 Å². The first-order valence-corrected chi connectivity index (χ1v) is 10.4. The monoisotopic (exact) mass is 388 g/mol. The van der Waals surface area contributed by atoms with Gasteiger partial charge in [0.1, 0.15) is 10.6 Å². The number of carbonyl (C=O) groups is 1. The summed E-state index contributed by atoms with van der Waals surface area (Å²) in [5.41, 5.74) is 0. The summed E-state index contributed by atoms with van der Waals surface area (Å²) in [6.45, 7) is 4.71. The van der Waals surface area contributed by atoms with Gasteiger partial charge in [-0.05, 0) is 44.4 Å². The highest BCUT2D eigenvalue weighted by Gasteiger charge is 2.30. The lowest BCUT2D eigenvalue weighted by Gasteiger charge is -2.19. The Morgan fingerprint density at radius 1 is 1.36 bits per heavy atom. The van der Waals surface area contributed by atoms with Crippen molar-refractivity contribution in [3.63, 3.8) is 0 Å². The minimum Gasteiger partial charge on any atom is -0.482 e. The second kappa shape index (κ2) is 8.87. The van der Waals surface area contributed by atoms with E-state index in [1.54, 1.807) is 6.07 Å². The van der Waals surface area contributed by atoms with Crippen molar-refractivity contribution < 1.29 is 17.9 Å². The predicted molar refractivity (Wildman–Crippen MR) is 97.5 cm³/mol. The van der Waals surface area contributed by atoms with E-state index in [0.717, 1.165) is 25.7 Å². The highest BCUT2D eigenvalue weighted by atomic mass is 35.5. The molecule has 1 fully saturated rings. The van der Waals surface area contributed by atoms with Crippen LogP contribution in [0, 0.1) is 0 Å². The molecule has 25 heavy (non-hydrogen) atoms. The second-order valence-corrected chi connectivity index (χ2v) is 8.59. The van der Waals surface area contributed by atoms with Crippen LogP contribution >= 0.6 is 11.6 Å². The quantitative estimate of drug-likeness (QED) is 0.742. The normalized spacial score (nSPS) is 16.6. The van der Waals surface area contributed by atoms with E-state index in [1.807, 2.05) is 13.8 Å². The molecule has 8 heteroatoms. The van der Waals surface area contributed by atoms with Gasteiger partial charge in [-0.25, -0.2) is 8.42 Å². The highest BCUT2D eigenvalue weighted by Crippen LogP contribution is 2.31. The Hall–Kier alpha value is -1.31. The van der Waals surface area contributed by atoms with E-state index in [-0.39, 0.29) is 29.2 Å². The van der Waals surface area contributed by atoms with E-state index in [2.05, 4.69) is 5.32 Å². The van der Waals surface area contributed by atoms with Crippen LogP contribution in [0.3, 0.4) is 0 Å². The number of ether oxygens (including phenoxy) is 1. The third-order valence-corrected chi connectivity index (χ3v) is 6.23. The van der Waals surface area contributed by atoms with Gasteiger partial charge in [0.05, 0.1) is 0 Å². The first-order valence-electron chi connectivity index (χ1n) is 8.56. The maximum atomic E-state index is 12.8. The number of sulfonamides is 1. The first-order chi connectivity index (χ1) is 11.8. The van der Waals surface area contributed by atoms with E-state index in [4.69, 9.17) is 16.3 Å². The van der Waals surface area contributed by atoms with Crippen molar-refractivity contribution in [3.05, 3.63) is 23.2 Å². The molecule has 6 nitrogen and oxygen atoms in total. The maximum Gasteiger partial charge on any atom is 0.258 e. The van der Waals surface area contributed by atoms with E-state index in [1.165, 1.54) is 16.4 Å². The summed E-state index contributed by atoms with van der Waals surface area (Å²) >= 11 is 5.98. The Morgan fingerprint density at radius 2 is 2.04 bits per heavy atom. The molecule has 0 aromatic heterocycles. The SMILES string of the molecule is CCC[C@@H](C)NC(=O)COc1ccc(Cl)cc1S(=O)(=O)N1CCCC1. The van der Waals surface area contributed by atoms with Crippen LogP contribution in [0.25, 0.3) is 0 Å². The molecule has 1 aromatic rings. The van der Waals surface area contributed by atoms with Crippen LogP contribution in [0.5, 0.6) is 5.75 Å². The van der Waals surface area contributed by atoms with E-state index >= 15 is 0 Å². The summed E-state index contributed by atoms with van der Waals surface area (Å²) in [4.78, 5) is 12.0. The summed E-state index contributed by atoms with van der Waals surface area (Å²) in [5, 5.41) is 3.14. The lowest BCUT2D eigenvalue weighted by molar-refractivity contribution is -0.123. The molecule has 1 aliphatic rings. The molecule has 1 aromatic carbocycles. The zero-order valence-electron chi connectivity index (χ0n) is 14.6. The zero-order chi connectivity index (χ0) is 18.4. The van der Waals surface area contributed by atoms with Gasteiger partial charge in [-0.2, -0.15) is 4.31 Å². The molecule has 1 aliphatic heterocycles. The van der Waals surface area contributed by atoms with E-state index in [0.29, 0.717) is 18.1 Å². The van der Waals surface area contributed by atoms with Crippen molar-refractivity contribution in [1.29, 1.82) is 0 Å². The number of nitrogens with one attached hydrogen (secondary N) is 1. The number of nitrogens with zero attached hydrogens (tertiary/aromatic N) is 1. The topological polar surface area (TPSA) is 75.7 Å². The average molecular weight is 389 g/mol. The minimum absolute atomic E-state index is 0.0105. The predicted octanol–water partition coefficient (Wildman–Crippen LogP) is 2.81. The number of halogens is 1. The third-order valence-electron chi connectivity index (χ3n) is 4.08. The fourth-order valence-electron chi connectivity index (χ4n) is 2.84. The number of hydrogen-bond donors (Lipinski definition) is 1. The van der Waals surface area contributed by atoms with Gasteiger partial charge in [-0.15, -0.1) is 0 Å². The molecule has 1 N–H and O–H groups in total. The number of hydrogen-bond acceptors (Lipinski definition) is 4. The molecule has 1 atom stereocenters. The van der Waals surface area contributed by atoms with Gasteiger partial charge in [0.15, 0.2) is 6.61 Å². The van der Waals surface area contributed by atoms with Crippen LogP contribution in [0.4, 0.5) is 0 Å². The summed E-state index contributed by atoms with van der Waals surface area (Å²) in [5.74, 6) is -0.130. The summed E-state index contributed by atoms with van der Waals surface area (Å²) < 4.78 is 32.5. The van der Waals surface area contributed by atoms with Crippen molar-refractivity contribution in [2.45, 2.75) is 50.5 Å². The molecular weight excluding hydrogens is 364 g/mol. The fourth-order valence-corrected chi connectivity index (χ4v) is 4.75. The molecule has 1 heterocycles. The number of amides is 1. The van der Waals surface area contributed by atoms with Crippen LogP contribution in [-0.2, 0) is 14.8 Å². The number of rotatable bonds is 8. The Morgan fingerprint density at radius 3 is 2.68 bits per heavy atom. The van der Waals surface area contributed by atoms with Gasteiger partial charge in [0.25, 0.3) is 5.91 Å². The fraction of sp³-hybridized carbons (Fsp3) is 0.588. The van der Waals surface area contributed by atoms with Gasteiger partial charge in [0, 0.05) is 24.2 Å². The molecule has 0 spiro atoms. The van der Waals surface area contributed by atoms with E-state index < -0.39 is 10.0 Å². The number of benzene rings is 1. The molecule has 1 amide bonds. The third kappa shape index (κ3) is 5.33. The van der Waals surface area contributed by atoms with E-state index in [9.17, 15) is 13.2 Å². The van der Waals surface area contributed by atoms with Crippen LogP contribution in [0.2, 0.25) is 5.02 Å². The molecule has 1 saturated heterocycles. The molecule has 0 bridgehead atoms. The molecule has 2 rings (SSSR count). The van der Waals surface area contributed by atoms with Crippen LogP contribution in [0.1, 0.15) is 39.5 Å². The minimum atomic E-state index is -3.68. The van der Waals surface area contributed by atoms with Crippen molar-refractivity contribution in [3.8, 4) is 5.75 Å². The van der Waals surface area contributed by atoms with Gasteiger partial charge in [0.2, 0.25) is 10.0 Å². The molecule has 0 aliphatic carbocycles. The molecule has 140 valence electrons. The Balaban J connectivity index is 2.12. The Labute approximate surface area is 154 Å². The molecule has 0 saturated carbocycles. The van der Waals surface area contributed by atoms with Crippen molar-refractivity contribution in [2.75, 3.05) is 19.7 Å². The highest BCUT2D eigenvalue weighted by molar-refractivity contribution is 7.89. The smallest absolute Gasteiger partial charge is 0.258 e. The Bertz CT molecular complexity index is 703. The average Bonchev–Trinajstić information content (AvgIpc) is 3.09. The molecule has 0 radical (unpaired) electrons. The number of carbonyl (C=O) groups excluding carboxylic acids is 1. The zero-order valence-corrected chi connectivity index (χ0v) is 16.2. The van der Waals surface area contributed by atoms with Gasteiger partial charge < -0.3 is 10.1 Å². The molecule has 0 unspecified atom stereocenters. The van der Waals surface area contributed by atoms with Gasteiger partial charge in [-0.3, -0.25) is 4.79 Å². The van der Waals surface area contributed by atoms with Gasteiger partial charge >= 0.3 is 0 Å². The lowest BCUT2D eigenvalue weighted by Crippen LogP contribution is -2.36. The maximum absolute atomic E-state index is 12.8. The van der Waals surface area contributed by atoms with Crippen LogP contribution in [0.15, 0.2) is 23.1 Å². The second-order valence-electron chi connectivity index (χ2n) is 6.25. The van der Waals surface area contributed by atoms with Crippen molar-refractivity contribution in [1.82, 2.24) is 9.62 Å². The summed E-state index contributed by atoms with van der Waals surface area (Å²) in [6.07, 6.45) is 3.53. The standard InChI is InChI=1S/C17H25ClN2O4S/c1-3-6-13(2)19-17(21)12-24-15-8-7-14(18)11-16(15)25(22,23)20-9-4-5-10-20/h7-8,11,13H,3-6,9-10,12H2,1-2H3,(H,19,21)/t13-/m1/s1. The van der Waals surface area contributed by atoms with Crippen molar-refractivity contribution in [2.24, 2.45) is 0 Å². The van der Waals surface area contributed by atoms with Crippen LogP contribution < -0.4 is 10.1 Å². The lowest BCUT2D eigenvalue weighted by atomic mass is 10.2. The van der Waals surface area contributed by atoms with Crippen molar-refractivity contribution >= 4 is 27.5 Å². The first kappa shape index (κ1) is 20.0. The Kier molecular flexibility index (Phi) is 7.10.